The number of carboxylic acids is 1. The Bertz CT molecular complexity index is 2710. The molecular formula is C58H76N8O10. The minimum Gasteiger partial charge on any atom is -0.480 e. The predicted octanol–water partition coefficient (Wildman–Crippen LogP) is 6.04. The molecule has 0 fully saturated rings. The van der Waals surface area contributed by atoms with Gasteiger partial charge in [0.2, 0.25) is 29.5 Å². The van der Waals surface area contributed by atoms with Crippen LogP contribution in [0.25, 0.3) is 10.9 Å². The fourth-order valence-corrected chi connectivity index (χ4v) is 8.70. The molecule has 4 aromatic carbocycles. The van der Waals surface area contributed by atoms with Crippen molar-refractivity contribution in [2.75, 3.05) is 13.1 Å². The average molecular weight is 1050 g/mol. The van der Waals surface area contributed by atoms with Gasteiger partial charge in [-0.1, -0.05) is 109 Å². The van der Waals surface area contributed by atoms with Gasteiger partial charge in [-0.3, -0.25) is 24.0 Å². The molecule has 18 nitrogen and oxygen atoms in total. The number of aliphatic carboxylic acids is 1. The summed E-state index contributed by atoms with van der Waals surface area (Å²) >= 11 is 0. The molecule has 408 valence electrons. The average Bonchev–Trinajstić information content (AvgIpc) is 3.77. The number of carbonyl (C=O) groups excluding carboxylic acids is 6. The van der Waals surface area contributed by atoms with Crippen LogP contribution in [0.2, 0.25) is 0 Å². The van der Waals surface area contributed by atoms with Crippen LogP contribution in [-0.2, 0) is 57.5 Å². The second-order valence-electron chi connectivity index (χ2n) is 21.0. The predicted molar refractivity (Wildman–Crippen MR) is 291 cm³/mol. The van der Waals surface area contributed by atoms with Gasteiger partial charge in [-0.05, 0) is 109 Å². The molecule has 0 spiro atoms. The van der Waals surface area contributed by atoms with Gasteiger partial charge in [0.15, 0.2) is 0 Å². The summed E-state index contributed by atoms with van der Waals surface area (Å²) < 4.78 is 11.7. The van der Waals surface area contributed by atoms with Crippen molar-refractivity contribution in [1.29, 1.82) is 0 Å². The lowest BCUT2D eigenvalue weighted by Gasteiger charge is -2.35. The number of carbonyl (C=O) groups is 7. The van der Waals surface area contributed by atoms with E-state index in [2.05, 4.69) is 31.6 Å². The summed E-state index contributed by atoms with van der Waals surface area (Å²) in [4.78, 5) is 102. The number of hydrogen-bond acceptors (Lipinski definition) is 10. The number of amides is 6. The Balaban J connectivity index is 1.44. The molecule has 0 unspecified atom stereocenters. The SMILES string of the molecule is C[C@H](c1ccccc1)N(CC(=O)N[C@@H](Cc1ccccc1)C(=O)O)C(=O)[C@H](Cc1ccccc1)NC(=O)[C@@H](NC(=O)[C@H](CCCCNC(=O)OC(C)(C)C)NC(=O)[C@H](N)Cc1c[nH]c2ccccc12)[C@@H](C)OC(C)(C)C. The molecule has 18 heteroatoms. The number of nitrogens with two attached hydrogens (primary N) is 1. The van der Waals surface area contributed by atoms with Crippen molar-refractivity contribution >= 4 is 52.5 Å². The molecule has 0 aliphatic heterocycles. The van der Waals surface area contributed by atoms with Crippen LogP contribution < -0.4 is 32.3 Å². The molecule has 7 atom stereocenters. The number of nitrogens with one attached hydrogen (secondary N) is 6. The van der Waals surface area contributed by atoms with Crippen LogP contribution in [0.5, 0.6) is 0 Å². The fourth-order valence-electron chi connectivity index (χ4n) is 8.70. The van der Waals surface area contributed by atoms with E-state index < -0.39 is 102 Å². The van der Waals surface area contributed by atoms with Crippen LogP contribution >= 0.6 is 0 Å². The van der Waals surface area contributed by atoms with E-state index in [0.29, 0.717) is 29.5 Å². The van der Waals surface area contributed by atoms with Crippen molar-refractivity contribution in [3.05, 3.63) is 144 Å². The van der Waals surface area contributed by atoms with Gasteiger partial charge in [-0.25, -0.2) is 9.59 Å². The molecular weight excluding hydrogens is 969 g/mol. The first-order valence-electron chi connectivity index (χ1n) is 25.8. The molecule has 0 radical (unpaired) electrons. The topological polar surface area (TPSA) is 263 Å². The zero-order chi connectivity index (χ0) is 55.6. The van der Waals surface area contributed by atoms with E-state index in [0.717, 1.165) is 16.5 Å². The Morgan fingerprint density at radius 2 is 1.21 bits per heavy atom. The largest absolute Gasteiger partial charge is 0.480 e. The number of nitrogens with zero attached hydrogens (tertiary/aromatic N) is 1. The molecule has 5 aromatic rings. The normalized spacial score (nSPS) is 14.4. The maximum Gasteiger partial charge on any atom is 0.407 e. The van der Waals surface area contributed by atoms with Gasteiger partial charge >= 0.3 is 12.1 Å². The fraction of sp³-hybridized carbons (Fsp3) is 0.431. The van der Waals surface area contributed by atoms with E-state index in [9.17, 15) is 29.1 Å². The Labute approximate surface area is 445 Å². The first-order chi connectivity index (χ1) is 36.0. The van der Waals surface area contributed by atoms with Crippen molar-refractivity contribution in [3.8, 4) is 0 Å². The highest BCUT2D eigenvalue weighted by Gasteiger charge is 2.38. The van der Waals surface area contributed by atoms with Crippen molar-refractivity contribution in [2.24, 2.45) is 5.73 Å². The third kappa shape index (κ3) is 19.0. The summed E-state index contributed by atoms with van der Waals surface area (Å²) in [6.45, 7) is 13.6. The highest BCUT2D eigenvalue weighted by atomic mass is 16.6. The maximum absolute atomic E-state index is 15.2. The molecule has 0 saturated heterocycles. The summed E-state index contributed by atoms with van der Waals surface area (Å²) in [5.74, 6) is -4.81. The van der Waals surface area contributed by atoms with Crippen LogP contribution in [0, 0.1) is 0 Å². The highest BCUT2D eigenvalue weighted by molar-refractivity contribution is 5.96. The molecule has 1 aromatic heterocycles. The standard InChI is InChI=1S/C58H76N8O10/c1-37(41-26-16-11-17-27-41)66(36-49(67)62-48(55(72)73)33-40-24-14-10-15-25-40)54(71)47(32-39-22-12-9-13-23-39)64-53(70)50(38(2)75-57(3,4)5)65-52(69)46(30-20-21-31-60-56(74)76-58(6,7)8)63-51(68)44(59)34-42-35-61-45-29-19-18-28-43(42)45/h9-19,22-29,35,37-38,44,46-48,50,61H,20-21,30-34,36,59H2,1-8H3,(H,60,74)(H,62,67)(H,63,68)(H,64,70)(H,65,69)(H,72,73)/t37-,38-,44-,46+,47+,48+,50+/m1/s1. The number of unbranched alkanes of at least 4 members (excludes halogenated alkanes) is 1. The van der Waals surface area contributed by atoms with E-state index in [1.807, 2.05) is 30.3 Å². The van der Waals surface area contributed by atoms with Crippen molar-refractivity contribution in [2.45, 2.75) is 147 Å². The number of fused-ring (bicyclic) bond motifs is 1. The van der Waals surface area contributed by atoms with Crippen molar-refractivity contribution in [1.82, 2.24) is 36.5 Å². The molecule has 0 saturated carbocycles. The lowest BCUT2D eigenvalue weighted by molar-refractivity contribution is -0.145. The number of aromatic amines is 1. The van der Waals surface area contributed by atoms with E-state index in [4.69, 9.17) is 15.2 Å². The summed E-state index contributed by atoms with van der Waals surface area (Å²) in [5, 5.41) is 24.9. The maximum atomic E-state index is 15.2. The van der Waals surface area contributed by atoms with Gasteiger partial charge in [0.25, 0.3) is 0 Å². The zero-order valence-corrected chi connectivity index (χ0v) is 44.9. The summed E-state index contributed by atoms with van der Waals surface area (Å²) in [6, 6.07) is 27.2. The van der Waals surface area contributed by atoms with Crippen molar-refractivity contribution in [3.63, 3.8) is 0 Å². The van der Waals surface area contributed by atoms with Gasteiger partial charge in [0.05, 0.1) is 23.8 Å². The minimum atomic E-state index is -1.46. The molecule has 0 aliphatic rings. The summed E-state index contributed by atoms with van der Waals surface area (Å²) in [6.07, 6.45) is 1.08. The van der Waals surface area contributed by atoms with Gasteiger partial charge in [-0.15, -0.1) is 0 Å². The number of aromatic nitrogens is 1. The monoisotopic (exact) mass is 1040 g/mol. The third-order valence-corrected chi connectivity index (χ3v) is 12.4. The van der Waals surface area contributed by atoms with E-state index in [1.165, 1.54) is 4.90 Å². The third-order valence-electron chi connectivity index (χ3n) is 12.4. The van der Waals surface area contributed by atoms with Crippen LogP contribution in [0.15, 0.2) is 121 Å². The smallest absolute Gasteiger partial charge is 0.407 e. The zero-order valence-electron chi connectivity index (χ0n) is 44.9. The first kappa shape index (κ1) is 59.3. The number of H-pyrrole nitrogens is 1. The summed E-state index contributed by atoms with van der Waals surface area (Å²) in [7, 11) is 0. The molecule has 6 amide bonds. The first-order valence-corrected chi connectivity index (χ1v) is 25.8. The number of benzene rings is 4. The lowest BCUT2D eigenvalue weighted by Crippen LogP contribution is -2.62. The van der Waals surface area contributed by atoms with E-state index in [1.54, 1.807) is 147 Å². The number of para-hydroxylation sites is 1. The number of rotatable bonds is 26. The quantitative estimate of drug-likeness (QED) is 0.0296. The lowest BCUT2D eigenvalue weighted by atomic mass is 10.0. The molecule has 0 bridgehead atoms. The van der Waals surface area contributed by atoms with Crippen LogP contribution in [-0.4, -0.2) is 117 Å². The van der Waals surface area contributed by atoms with Gasteiger partial charge in [-0.2, -0.15) is 0 Å². The molecule has 9 N–H and O–H groups in total. The van der Waals surface area contributed by atoms with Crippen molar-refractivity contribution < 1.29 is 48.1 Å². The van der Waals surface area contributed by atoms with Crippen LogP contribution in [0.1, 0.15) is 103 Å². The number of carboxylic acid groups (broad SMARTS) is 1. The van der Waals surface area contributed by atoms with Gasteiger partial charge < -0.3 is 56.8 Å². The molecule has 1 heterocycles. The number of hydrogen-bond donors (Lipinski definition) is 8. The molecule has 5 rings (SSSR count). The Morgan fingerprint density at radius 1 is 0.645 bits per heavy atom. The van der Waals surface area contributed by atoms with E-state index >= 15 is 9.59 Å². The Morgan fingerprint density at radius 3 is 1.80 bits per heavy atom. The minimum absolute atomic E-state index is 0.00756. The Kier molecular flexibility index (Phi) is 21.7. The van der Waals surface area contributed by atoms with Crippen LogP contribution in [0.3, 0.4) is 0 Å². The Hall–Kier alpha value is -7.57. The second kappa shape index (κ2) is 27.8. The molecule has 76 heavy (non-hydrogen) atoms. The number of ether oxygens (including phenoxy) is 2. The van der Waals surface area contributed by atoms with Gasteiger partial charge in [0, 0.05) is 36.5 Å². The van der Waals surface area contributed by atoms with Crippen LogP contribution in [0.4, 0.5) is 4.79 Å². The summed E-state index contributed by atoms with van der Waals surface area (Å²) in [5.41, 5.74) is 8.68. The van der Waals surface area contributed by atoms with E-state index in [-0.39, 0.29) is 32.2 Å². The molecule has 0 aliphatic carbocycles. The number of alkyl carbamates (subject to hydrolysis) is 1. The van der Waals surface area contributed by atoms with Gasteiger partial charge in [0.1, 0.15) is 36.3 Å². The second-order valence-corrected chi connectivity index (χ2v) is 21.0. The highest BCUT2D eigenvalue weighted by Crippen LogP contribution is 2.23.